The van der Waals surface area contributed by atoms with E-state index in [9.17, 15) is 18.0 Å². The third-order valence-corrected chi connectivity index (χ3v) is 7.03. The highest BCUT2D eigenvalue weighted by Crippen LogP contribution is 2.22. The maximum Gasteiger partial charge on any atom is 0.243 e. The van der Waals surface area contributed by atoms with Gasteiger partial charge >= 0.3 is 0 Å². The minimum atomic E-state index is -3.56. The normalized spacial score (nSPS) is 12.6. The largest absolute Gasteiger partial charge is 0.350 e. The molecule has 0 spiro atoms. The van der Waals surface area contributed by atoms with Crippen LogP contribution in [0.3, 0.4) is 0 Å². The van der Waals surface area contributed by atoms with Gasteiger partial charge in [0.15, 0.2) is 0 Å². The van der Waals surface area contributed by atoms with Gasteiger partial charge < -0.3 is 10.2 Å². The van der Waals surface area contributed by atoms with Crippen LogP contribution in [0, 0.1) is 6.92 Å². The first-order chi connectivity index (χ1) is 16.7. The molecular weight excluding hydrogens is 498 g/mol. The van der Waals surface area contributed by atoms with Crippen molar-refractivity contribution in [1.82, 2.24) is 10.2 Å². The van der Waals surface area contributed by atoms with Gasteiger partial charge in [-0.3, -0.25) is 13.9 Å². The Morgan fingerprint density at radius 3 is 2.25 bits per heavy atom. The van der Waals surface area contributed by atoms with Crippen molar-refractivity contribution in [1.29, 1.82) is 0 Å². The second kappa shape index (κ2) is 12.6. The monoisotopic (exact) mass is 535 g/mol. The summed E-state index contributed by atoms with van der Waals surface area (Å²) in [7, 11) is -3.56. The standard InChI is InChI=1S/C27H38ClN3O4S/c1-7-24(26(33)29-27(3,4)5)30(19-21-11-8-10-20(2)18-21)25(32)12-9-17-31(36(6,34)35)23-15-13-22(28)14-16-23/h8,10-11,13-16,18,24H,7,9,12,17,19H2,1-6H3,(H,29,33). The summed E-state index contributed by atoms with van der Waals surface area (Å²) < 4.78 is 26.1. The topological polar surface area (TPSA) is 86.8 Å². The first kappa shape index (κ1) is 29.6. The number of benzene rings is 2. The zero-order valence-corrected chi connectivity index (χ0v) is 23.6. The lowest BCUT2D eigenvalue weighted by Gasteiger charge is -2.33. The van der Waals surface area contributed by atoms with Crippen LogP contribution in [0.15, 0.2) is 48.5 Å². The minimum Gasteiger partial charge on any atom is -0.350 e. The number of nitrogens with zero attached hydrogens (tertiary/aromatic N) is 2. The van der Waals surface area contributed by atoms with Crippen molar-refractivity contribution in [3.63, 3.8) is 0 Å². The second-order valence-corrected chi connectivity index (χ2v) is 12.4. The van der Waals surface area contributed by atoms with Gasteiger partial charge in [-0.1, -0.05) is 48.4 Å². The van der Waals surface area contributed by atoms with Crippen molar-refractivity contribution in [3.8, 4) is 0 Å². The summed E-state index contributed by atoms with van der Waals surface area (Å²) in [6.45, 7) is 10.0. The van der Waals surface area contributed by atoms with Crippen molar-refractivity contribution in [2.75, 3.05) is 17.1 Å². The van der Waals surface area contributed by atoms with Gasteiger partial charge in [0.25, 0.3) is 0 Å². The van der Waals surface area contributed by atoms with Crippen LogP contribution in [0.5, 0.6) is 0 Å². The van der Waals surface area contributed by atoms with E-state index >= 15 is 0 Å². The summed E-state index contributed by atoms with van der Waals surface area (Å²) in [6, 6.07) is 13.7. The molecule has 0 bridgehead atoms. The van der Waals surface area contributed by atoms with E-state index in [-0.39, 0.29) is 24.8 Å². The molecule has 0 aliphatic carbocycles. The van der Waals surface area contributed by atoms with Gasteiger partial charge in [0.1, 0.15) is 6.04 Å². The Bertz CT molecular complexity index is 1140. The molecule has 36 heavy (non-hydrogen) atoms. The number of nitrogens with one attached hydrogen (secondary N) is 1. The molecule has 2 aromatic rings. The van der Waals surface area contributed by atoms with Gasteiger partial charge in [-0.15, -0.1) is 0 Å². The molecule has 0 saturated heterocycles. The number of carbonyl (C=O) groups excluding carboxylic acids is 2. The average molecular weight is 536 g/mol. The molecule has 2 rings (SSSR count). The Morgan fingerprint density at radius 2 is 1.72 bits per heavy atom. The fraction of sp³-hybridized carbons (Fsp3) is 0.481. The molecule has 1 atom stereocenters. The molecule has 0 heterocycles. The molecule has 7 nitrogen and oxygen atoms in total. The van der Waals surface area contributed by atoms with Crippen molar-refractivity contribution < 1.29 is 18.0 Å². The molecule has 0 radical (unpaired) electrons. The number of hydrogen-bond acceptors (Lipinski definition) is 4. The zero-order valence-electron chi connectivity index (χ0n) is 22.0. The fourth-order valence-corrected chi connectivity index (χ4v) is 5.08. The molecule has 0 aromatic heterocycles. The molecule has 9 heteroatoms. The van der Waals surface area contributed by atoms with Crippen molar-refractivity contribution in [2.45, 2.75) is 72.0 Å². The average Bonchev–Trinajstić information content (AvgIpc) is 2.75. The van der Waals surface area contributed by atoms with Gasteiger partial charge in [0.05, 0.1) is 11.9 Å². The first-order valence-corrected chi connectivity index (χ1v) is 14.3. The summed E-state index contributed by atoms with van der Waals surface area (Å²) in [5.74, 6) is -0.401. The number of sulfonamides is 1. The third kappa shape index (κ3) is 9.13. The first-order valence-electron chi connectivity index (χ1n) is 12.1. The van der Waals surface area contributed by atoms with Crippen molar-refractivity contribution >= 4 is 39.1 Å². The molecule has 1 N–H and O–H groups in total. The summed E-state index contributed by atoms with van der Waals surface area (Å²) >= 11 is 5.95. The Balaban J connectivity index is 2.23. The van der Waals surface area contributed by atoms with Crippen molar-refractivity contribution in [3.05, 3.63) is 64.7 Å². The highest BCUT2D eigenvalue weighted by atomic mass is 35.5. The Kier molecular flexibility index (Phi) is 10.4. The van der Waals surface area contributed by atoms with Crippen LogP contribution >= 0.6 is 11.6 Å². The Hall–Kier alpha value is -2.58. The maximum atomic E-state index is 13.5. The molecular formula is C27H38ClN3O4S. The fourth-order valence-electron chi connectivity index (χ4n) is 3.99. The number of hydrogen-bond donors (Lipinski definition) is 1. The molecule has 0 aliphatic heterocycles. The summed E-state index contributed by atoms with van der Waals surface area (Å²) in [5.41, 5.74) is 2.06. The van der Waals surface area contributed by atoms with Gasteiger partial charge in [0.2, 0.25) is 21.8 Å². The Morgan fingerprint density at radius 1 is 1.08 bits per heavy atom. The highest BCUT2D eigenvalue weighted by Gasteiger charge is 2.30. The molecule has 2 amide bonds. The number of aryl methyl sites for hydroxylation is 1. The van der Waals surface area contributed by atoms with E-state index in [0.29, 0.717) is 30.1 Å². The molecule has 2 aromatic carbocycles. The smallest absolute Gasteiger partial charge is 0.243 e. The van der Waals surface area contributed by atoms with Gasteiger partial charge in [-0.25, -0.2) is 8.42 Å². The van der Waals surface area contributed by atoms with E-state index in [1.807, 2.05) is 58.9 Å². The maximum absolute atomic E-state index is 13.5. The van der Waals surface area contributed by atoms with Crippen LogP contribution in [0.1, 0.15) is 58.1 Å². The minimum absolute atomic E-state index is 0.102. The summed E-state index contributed by atoms with van der Waals surface area (Å²) in [5, 5.41) is 3.50. The van der Waals surface area contributed by atoms with E-state index in [1.165, 1.54) is 4.31 Å². The summed E-state index contributed by atoms with van der Waals surface area (Å²) in [6.07, 6.45) is 2.00. The van der Waals surface area contributed by atoms with E-state index < -0.39 is 21.6 Å². The highest BCUT2D eigenvalue weighted by molar-refractivity contribution is 7.92. The Labute approximate surface area is 220 Å². The molecule has 1 unspecified atom stereocenters. The lowest BCUT2D eigenvalue weighted by Crippen LogP contribution is -2.53. The number of amides is 2. The van der Waals surface area contributed by atoms with Crippen LogP contribution in [0.4, 0.5) is 5.69 Å². The van der Waals surface area contributed by atoms with Crippen LogP contribution in [-0.2, 0) is 26.2 Å². The van der Waals surface area contributed by atoms with Crippen LogP contribution in [0.2, 0.25) is 5.02 Å². The SMILES string of the molecule is CCC(C(=O)NC(C)(C)C)N(Cc1cccc(C)c1)C(=O)CCCN(c1ccc(Cl)cc1)S(C)(=O)=O. The van der Waals surface area contributed by atoms with Crippen LogP contribution in [0.25, 0.3) is 0 Å². The molecule has 198 valence electrons. The molecule has 0 saturated carbocycles. The lowest BCUT2D eigenvalue weighted by atomic mass is 10.0. The third-order valence-electron chi connectivity index (χ3n) is 5.59. The van der Waals surface area contributed by atoms with Gasteiger partial charge in [-0.05, 0) is 70.4 Å². The van der Waals surface area contributed by atoms with E-state index in [4.69, 9.17) is 11.6 Å². The van der Waals surface area contributed by atoms with E-state index in [1.54, 1.807) is 29.2 Å². The van der Waals surface area contributed by atoms with Crippen LogP contribution < -0.4 is 9.62 Å². The predicted octanol–water partition coefficient (Wildman–Crippen LogP) is 4.92. The summed E-state index contributed by atoms with van der Waals surface area (Å²) in [4.78, 5) is 28.2. The number of carbonyl (C=O) groups is 2. The number of halogens is 1. The van der Waals surface area contributed by atoms with E-state index in [2.05, 4.69) is 5.32 Å². The number of anilines is 1. The molecule has 0 fully saturated rings. The molecule has 0 aliphatic rings. The van der Waals surface area contributed by atoms with Crippen LogP contribution in [-0.4, -0.2) is 49.5 Å². The second-order valence-electron chi connectivity index (χ2n) is 10.1. The number of rotatable bonds is 11. The quantitative estimate of drug-likeness (QED) is 0.442. The van der Waals surface area contributed by atoms with Crippen molar-refractivity contribution in [2.24, 2.45) is 0 Å². The van der Waals surface area contributed by atoms with Gasteiger partial charge in [0, 0.05) is 30.1 Å². The predicted molar refractivity (Wildman–Crippen MR) is 147 cm³/mol. The lowest BCUT2D eigenvalue weighted by molar-refractivity contribution is -0.142. The van der Waals surface area contributed by atoms with Gasteiger partial charge in [-0.2, -0.15) is 0 Å². The van der Waals surface area contributed by atoms with E-state index in [0.717, 1.165) is 17.4 Å². The zero-order chi connectivity index (χ0) is 27.1.